The Hall–Kier alpha value is -1.89. The Morgan fingerprint density at radius 1 is 1.15 bits per heavy atom. The van der Waals surface area contributed by atoms with Crippen LogP contribution < -0.4 is 4.90 Å². The molecular weight excluding hydrogens is 372 g/mol. The quantitative estimate of drug-likeness (QED) is 0.757. The van der Waals surface area contributed by atoms with Crippen LogP contribution in [0.15, 0.2) is 53.4 Å². The Morgan fingerprint density at radius 2 is 1.85 bits per heavy atom. The Morgan fingerprint density at radius 3 is 2.54 bits per heavy atom. The van der Waals surface area contributed by atoms with Crippen molar-refractivity contribution in [3.63, 3.8) is 0 Å². The summed E-state index contributed by atoms with van der Waals surface area (Å²) in [6.45, 7) is 2.58. The number of amides is 1. The molecule has 0 aromatic heterocycles. The Kier molecular flexibility index (Phi) is 5.65. The van der Waals surface area contributed by atoms with Gasteiger partial charge in [0, 0.05) is 23.8 Å². The van der Waals surface area contributed by atoms with E-state index >= 15 is 0 Å². The van der Waals surface area contributed by atoms with Crippen molar-refractivity contribution in [2.75, 3.05) is 24.5 Å². The molecule has 5 nitrogen and oxygen atoms in total. The van der Waals surface area contributed by atoms with E-state index in [0.29, 0.717) is 18.0 Å². The molecule has 0 bridgehead atoms. The molecule has 1 amide bonds. The molecule has 1 heterocycles. The van der Waals surface area contributed by atoms with Gasteiger partial charge in [0.1, 0.15) is 0 Å². The molecule has 0 N–H and O–H groups in total. The van der Waals surface area contributed by atoms with Gasteiger partial charge in [0.15, 0.2) is 0 Å². The van der Waals surface area contributed by atoms with E-state index in [4.69, 9.17) is 11.6 Å². The first kappa shape index (κ1) is 18.9. The molecule has 2 aromatic carbocycles. The molecule has 138 valence electrons. The Balaban J connectivity index is 1.83. The molecule has 0 unspecified atom stereocenters. The maximum atomic E-state index is 12.9. The number of halogens is 1. The predicted molar refractivity (Wildman–Crippen MR) is 103 cm³/mol. The molecule has 0 spiro atoms. The van der Waals surface area contributed by atoms with Gasteiger partial charge in [0.05, 0.1) is 11.4 Å². The molecule has 7 heteroatoms. The topological polar surface area (TPSA) is 57.7 Å². The molecule has 0 aliphatic carbocycles. The van der Waals surface area contributed by atoms with Crippen molar-refractivity contribution in [1.82, 2.24) is 4.31 Å². The van der Waals surface area contributed by atoms with Crippen LogP contribution in [0.4, 0.5) is 5.69 Å². The van der Waals surface area contributed by atoms with E-state index in [9.17, 15) is 13.2 Å². The van der Waals surface area contributed by atoms with Gasteiger partial charge in [-0.2, -0.15) is 4.31 Å². The lowest BCUT2D eigenvalue weighted by Crippen LogP contribution is -2.42. The van der Waals surface area contributed by atoms with E-state index < -0.39 is 10.0 Å². The lowest BCUT2D eigenvalue weighted by atomic mass is 10.2. The van der Waals surface area contributed by atoms with Gasteiger partial charge in [0.2, 0.25) is 15.9 Å². The minimum atomic E-state index is -3.75. The molecule has 3 rings (SSSR count). The molecule has 1 aliphatic heterocycles. The molecule has 26 heavy (non-hydrogen) atoms. The molecule has 1 aliphatic rings. The second-order valence-electron chi connectivity index (χ2n) is 6.22. The van der Waals surface area contributed by atoms with Gasteiger partial charge >= 0.3 is 0 Å². The fourth-order valence-electron chi connectivity index (χ4n) is 3.12. The zero-order valence-electron chi connectivity index (χ0n) is 14.6. The minimum absolute atomic E-state index is 0.143. The van der Waals surface area contributed by atoms with Crippen molar-refractivity contribution in [1.29, 1.82) is 0 Å². The van der Waals surface area contributed by atoms with Crippen LogP contribution >= 0.6 is 11.6 Å². The molecule has 0 saturated carbocycles. The summed E-state index contributed by atoms with van der Waals surface area (Å²) in [6.07, 6.45) is 1.41. The smallest absolute Gasteiger partial charge is 0.243 e. The van der Waals surface area contributed by atoms with Crippen LogP contribution in [0.1, 0.15) is 18.9 Å². The summed E-state index contributed by atoms with van der Waals surface area (Å²) in [6, 6.07) is 13.7. The van der Waals surface area contributed by atoms with Crippen LogP contribution in [0.3, 0.4) is 0 Å². The van der Waals surface area contributed by atoms with Crippen LogP contribution in [0.25, 0.3) is 0 Å². The highest BCUT2D eigenvalue weighted by Gasteiger charge is 2.30. The normalized spacial score (nSPS) is 13.9. The molecule has 0 atom stereocenters. The monoisotopic (exact) mass is 392 g/mol. The number of anilines is 1. The zero-order valence-corrected chi connectivity index (χ0v) is 16.1. The zero-order chi connectivity index (χ0) is 18.7. The number of para-hydroxylation sites is 1. The van der Waals surface area contributed by atoms with Crippen LogP contribution in [0.5, 0.6) is 0 Å². The third kappa shape index (κ3) is 3.77. The van der Waals surface area contributed by atoms with E-state index in [2.05, 4.69) is 0 Å². The molecular formula is C19H21ClN2O3S. The molecule has 2 aromatic rings. The summed E-state index contributed by atoms with van der Waals surface area (Å²) in [5.41, 5.74) is 1.99. The van der Waals surface area contributed by atoms with Crippen molar-refractivity contribution in [3.05, 3.63) is 59.1 Å². The standard InChI is InChI=1S/C19H21ClN2O3S/c1-2-12-21(26(24,25)17-9-7-16(20)8-10-17)14-19(23)22-13-11-15-5-3-4-6-18(15)22/h3-10H,2,11-14H2,1H3. The first-order chi connectivity index (χ1) is 12.4. The second kappa shape index (κ2) is 7.78. The van der Waals surface area contributed by atoms with E-state index in [-0.39, 0.29) is 23.9 Å². The summed E-state index contributed by atoms with van der Waals surface area (Å²) in [5, 5.41) is 0.468. The fourth-order valence-corrected chi connectivity index (χ4v) is 4.73. The number of nitrogens with zero attached hydrogens (tertiary/aromatic N) is 2. The number of carbonyl (C=O) groups excluding carboxylic acids is 1. The maximum absolute atomic E-state index is 12.9. The van der Waals surface area contributed by atoms with Gasteiger partial charge < -0.3 is 4.90 Å². The Labute approximate surface area is 159 Å². The SMILES string of the molecule is CCCN(CC(=O)N1CCc2ccccc21)S(=O)(=O)c1ccc(Cl)cc1. The summed E-state index contributed by atoms with van der Waals surface area (Å²) in [5.74, 6) is -0.207. The van der Waals surface area contributed by atoms with Crippen LogP contribution in [0.2, 0.25) is 5.02 Å². The molecule has 0 saturated heterocycles. The summed E-state index contributed by atoms with van der Waals surface area (Å²) in [4.78, 5) is 14.6. The van der Waals surface area contributed by atoms with Gasteiger partial charge in [-0.15, -0.1) is 0 Å². The number of rotatable bonds is 6. The fraction of sp³-hybridized carbons (Fsp3) is 0.316. The van der Waals surface area contributed by atoms with Crippen molar-refractivity contribution >= 4 is 33.2 Å². The minimum Gasteiger partial charge on any atom is -0.311 e. The van der Waals surface area contributed by atoms with Gasteiger partial charge in [-0.3, -0.25) is 4.79 Å². The van der Waals surface area contributed by atoms with Crippen molar-refractivity contribution in [2.24, 2.45) is 0 Å². The van der Waals surface area contributed by atoms with E-state index in [1.165, 1.54) is 28.6 Å². The van der Waals surface area contributed by atoms with Crippen molar-refractivity contribution in [2.45, 2.75) is 24.7 Å². The highest BCUT2D eigenvalue weighted by atomic mass is 35.5. The Bertz CT molecular complexity index is 897. The van der Waals surface area contributed by atoms with Gasteiger partial charge in [0.25, 0.3) is 0 Å². The third-order valence-electron chi connectivity index (χ3n) is 4.42. The summed E-state index contributed by atoms with van der Waals surface area (Å²) in [7, 11) is -3.75. The first-order valence-corrected chi connectivity index (χ1v) is 10.4. The number of sulfonamides is 1. The number of hydrogen-bond acceptors (Lipinski definition) is 3. The number of hydrogen-bond donors (Lipinski definition) is 0. The number of fused-ring (bicyclic) bond motifs is 1. The highest BCUT2D eigenvalue weighted by Crippen LogP contribution is 2.28. The number of benzene rings is 2. The first-order valence-electron chi connectivity index (χ1n) is 8.57. The van der Waals surface area contributed by atoms with E-state index in [0.717, 1.165) is 17.7 Å². The van der Waals surface area contributed by atoms with Gasteiger partial charge in [-0.1, -0.05) is 36.7 Å². The number of carbonyl (C=O) groups is 1. The van der Waals surface area contributed by atoms with E-state index in [1.54, 1.807) is 4.90 Å². The van der Waals surface area contributed by atoms with Crippen molar-refractivity contribution in [3.8, 4) is 0 Å². The lowest BCUT2D eigenvalue weighted by Gasteiger charge is -2.24. The second-order valence-corrected chi connectivity index (χ2v) is 8.59. The summed E-state index contributed by atoms with van der Waals surface area (Å²) < 4.78 is 27.1. The predicted octanol–water partition coefficient (Wildman–Crippen LogP) is 3.33. The third-order valence-corrected chi connectivity index (χ3v) is 6.54. The summed E-state index contributed by atoms with van der Waals surface area (Å²) >= 11 is 5.85. The maximum Gasteiger partial charge on any atom is 0.243 e. The van der Waals surface area contributed by atoms with E-state index in [1.807, 2.05) is 31.2 Å². The van der Waals surface area contributed by atoms with Crippen LogP contribution in [0, 0.1) is 0 Å². The molecule has 0 radical (unpaired) electrons. The van der Waals surface area contributed by atoms with Gasteiger partial charge in [-0.25, -0.2) is 8.42 Å². The average Bonchev–Trinajstić information content (AvgIpc) is 3.06. The van der Waals surface area contributed by atoms with Crippen LogP contribution in [-0.4, -0.2) is 38.3 Å². The largest absolute Gasteiger partial charge is 0.311 e. The molecule has 0 fully saturated rings. The van der Waals surface area contributed by atoms with Crippen molar-refractivity contribution < 1.29 is 13.2 Å². The average molecular weight is 393 g/mol. The lowest BCUT2D eigenvalue weighted by molar-refractivity contribution is -0.118. The van der Waals surface area contributed by atoms with Crippen LogP contribution in [-0.2, 0) is 21.2 Å². The highest BCUT2D eigenvalue weighted by molar-refractivity contribution is 7.89. The van der Waals surface area contributed by atoms with Gasteiger partial charge in [-0.05, 0) is 48.7 Å².